The van der Waals surface area contributed by atoms with Crippen LogP contribution in [-0.2, 0) is 44.6 Å². The number of Topliss-reactive ketones (excluding diaryl/α,β-unsaturated/α-hetero) is 1. The molecule has 0 radical (unpaired) electrons. The van der Waals surface area contributed by atoms with Gasteiger partial charge in [-0.3, -0.25) is 24.0 Å². The molecule has 0 bridgehead atoms. The van der Waals surface area contributed by atoms with E-state index in [1.54, 1.807) is 45.9 Å². The Morgan fingerprint density at radius 3 is 2.38 bits per heavy atom. The first kappa shape index (κ1) is 51.8. The number of likely N-dealkylation sites (N-methyl/N-ethyl adjacent to an activating group) is 1. The summed E-state index contributed by atoms with van der Waals surface area (Å²) in [6.07, 6.45) is 2.03. The Kier molecular flexibility index (Phi) is 18.8. The number of esters is 1. The monoisotopic (exact) mass is 908 g/mol. The van der Waals surface area contributed by atoms with Crippen LogP contribution < -0.4 is 0 Å². The number of carbonyl (C=O) groups is 4. The second-order valence-corrected chi connectivity index (χ2v) is 18.0. The molecule has 3 saturated heterocycles. The first-order valence-electron chi connectivity index (χ1n) is 21.8. The Morgan fingerprint density at radius 1 is 1.10 bits per heavy atom. The van der Waals surface area contributed by atoms with Crippen LogP contribution in [0.4, 0.5) is 8.68 Å². The van der Waals surface area contributed by atoms with Gasteiger partial charge in [-0.2, -0.15) is 8.98 Å². The lowest BCUT2D eigenvalue weighted by Crippen LogP contribution is -2.62. The van der Waals surface area contributed by atoms with Gasteiger partial charge in [0.25, 0.3) is 0 Å². The molecule has 12 atom stereocenters. The zero-order chi connectivity index (χ0) is 46.8. The molecule has 18 nitrogen and oxygen atoms in total. The number of unbranched alkanes of at least 4 members (excludes halogenated alkanes) is 1. The molecule has 3 fully saturated rings. The number of aromatic nitrogens is 5. The minimum absolute atomic E-state index is 0.214. The van der Waals surface area contributed by atoms with E-state index in [-0.39, 0.29) is 55.5 Å². The molecule has 0 saturated carbocycles. The second-order valence-electron chi connectivity index (χ2n) is 17.7. The number of rotatable bonds is 11. The molecule has 354 valence electrons. The number of aliphatic hydroxyl groups is 1. The predicted octanol–water partition coefficient (Wildman–Crippen LogP) is 4.74. The van der Waals surface area contributed by atoms with Crippen LogP contribution in [-0.4, -0.2) is 169 Å². The molecule has 2 unspecified atom stereocenters. The third-order valence-electron chi connectivity index (χ3n) is 12.7. The van der Waals surface area contributed by atoms with Crippen molar-refractivity contribution < 1.29 is 51.9 Å². The van der Waals surface area contributed by atoms with Crippen molar-refractivity contribution in [1.29, 1.82) is 0 Å². The third kappa shape index (κ3) is 12.5. The summed E-state index contributed by atoms with van der Waals surface area (Å²) in [4.78, 5) is 61.0. The number of ether oxygens (including phenoxy) is 5. The van der Waals surface area contributed by atoms with Crippen LogP contribution in [0.25, 0.3) is 11.4 Å². The number of hydrogen-bond acceptors (Lipinski definition) is 16. The van der Waals surface area contributed by atoms with E-state index in [4.69, 9.17) is 23.7 Å². The molecule has 63 heavy (non-hydrogen) atoms. The van der Waals surface area contributed by atoms with Crippen LogP contribution in [0.5, 0.6) is 0 Å². The molecule has 2 amide bonds. The molecule has 5 rings (SSSR count). The van der Waals surface area contributed by atoms with Crippen molar-refractivity contribution >= 4 is 35.9 Å². The van der Waals surface area contributed by atoms with Gasteiger partial charge in [0.2, 0.25) is 5.91 Å². The Morgan fingerprint density at radius 2 is 1.78 bits per heavy atom. The number of methoxy groups -OCH3 is 1. The molecule has 0 aromatic carbocycles. The van der Waals surface area contributed by atoms with E-state index in [1.807, 2.05) is 53.6 Å². The zero-order valence-corrected chi connectivity index (χ0v) is 39.7. The van der Waals surface area contributed by atoms with Gasteiger partial charge in [-0.15, -0.1) is 10.2 Å². The molecule has 20 heteroatoms. The SMILES string of the molecule is CC[C@H]1OC(=O)[C@H](C)C(=O)C[C@@H](O[C@@H]2O[C@H](C)CC(N(C)C)C2O)[C@@](C)(OC)C[C@@H](C)CN(C(C)=O)[C@H](C)[C@H]2N(CCCCn3cc(-c4cccnn4)nn3)C(=O)O[C@]12C.CSF. The van der Waals surface area contributed by atoms with Gasteiger partial charge in [-0.1, -0.05) is 19.1 Å². The van der Waals surface area contributed by atoms with Gasteiger partial charge in [0.15, 0.2) is 11.9 Å². The van der Waals surface area contributed by atoms with Crippen molar-refractivity contribution in [3.05, 3.63) is 24.5 Å². The molecule has 1 N–H and O–H groups in total. The zero-order valence-electron chi connectivity index (χ0n) is 38.9. The van der Waals surface area contributed by atoms with E-state index >= 15 is 0 Å². The quantitative estimate of drug-likeness (QED) is 0.184. The van der Waals surface area contributed by atoms with E-state index in [0.717, 1.165) is 0 Å². The lowest BCUT2D eigenvalue weighted by atomic mass is 9.82. The van der Waals surface area contributed by atoms with Crippen molar-refractivity contribution in [2.24, 2.45) is 11.8 Å². The third-order valence-corrected chi connectivity index (χ3v) is 12.7. The van der Waals surface area contributed by atoms with Crippen molar-refractivity contribution in [3.8, 4) is 11.4 Å². The minimum atomic E-state index is -1.39. The summed E-state index contributed by atoms with van der Waals surface area (Å²) >= 11 is 0.250. The number of amides is 2. The van der Waals surface area contributed by atoms with Crippen LogP contribution >= 0.6 is 12.1 Å². The average Bonchev–Trinajstić information content (AvgIpc) is 3.82. The summed E-state index contributed by atoms with van der Waals surface area (Å²) in [5.74, 6) is -2.87. The first-order chi connectivity index (χ1) is 29.7. The number of carbonyl (C=O) groups excluding carboxylic acids is 4. The van der Waals surface area contributed by atoms with Gasteiger partial charge in [-0.25, -0.2) is 4.79 Å². The van der Waals surface area contributed by atoms with Crippen molar-refractivity contribution in [1.82, 2.24) is 39.9 Å². The number of halogens is 1. The maximum Gasteiger partial charge on any atom is 0.410 e. The van der Waals surface area contributed by atoms with Gasteiger partial charge >= 0.3 is 12.1 Å². The number of aryl methyl sites for hydroxylation is 1. The highest BCUT2D eigenvalue weighted by atomic mass is 32.2. The normalized spacial score (nSPS) is 33.4. The lowest BCUT2D eigenvalue weighted by Gasteiger charge is -2.46. The standard InChI is InChI=1S/C42H66N8O10.CH3FS/c1-12-34-42(8)37(49(40(55)60-42)19-14-13-18-48-24-31(45-46-48)30-16-15-17-43-44-30)28(5)50(29(6)51)23-25(2)22-41(7,56-11)35(21-33(52)27(4)38(54)58-34)59-39-36(53)32(47(9)10)20-26(3)57-39;1-3-2/h15-17,24-28,32,34-37,39,53H,12-14,18-23H2,1-11H3;1H3/t25-,26-,27-,28-,32?,34-,35-,36?,37-,39+,41+,42-;/m1./s1. The van der Waals surface area contributed by atoms with Gasteiger partial charge in [-0.05, 0) is 98.9 Å². The first-order valence-corrected chi connectivity index (χ1v) is 22.9. The van der Waals surface area contributed by atoms with Crippen molar-refractivity contribution in [2.75, 3.05) is 40.6 Å². The van der Waals surface area contributed by atoms with Crippen LogP contribution in [0, 0.1) is 11.8 Å². The Hall–Kier alpha value is -3.82. The van der Waals surface area contributed by atoms with E-state index in [2.05, 4.69) is 20.5 Å². The van der Waals surface area contributed by atoms with Crippen LogP contribution in [0.1, 0.15) is 93.9 Å². The second kappa shape index (κ2) is 22.9. The largest absolute Gasteiger partial charge is 0.458 e. The average molecular weight is 909 g/mol. The van der Waals surface area contributed by atoms with Gasteiger partial charge in [0.05, 0.1) is 36.1 Å². The van der Waals surface area contributed by atoms with E-state index in [0.29, 0.717) is 50.2 Å². The van der Waals surface area contributed by atoms with Crippen LogP contribution in [0.15, 0.2) is 24.5 Å². The Bertz CT molecular complexity index is 1820. The summed E-state index contributed by atoms with van der Waals surface area (Å²) in [5.41, 5.74) is -1.32. The summed E-state index contributed by atoms with van der Waals surface area (Å²) in [5, 5.41) is 27.9. The highest BCUT2D eigenvalue weighted by molar-refractivity contribution is 7.93. The maximum absolute atomic E-state index is 14.1. The minimum Gasteiger partial charge on any atom is -0.458 e. The fourth-order valence-electron chi connectivity index (χ4n) is 9.23. The molecule has 3 aliphatic heterocycles. The molecular weight excluding hydrogens is 840 g/mol. The van der Waals surface area contributed by atoms with E-state index < -0.39 is 71.7 Å². The molecular formula is C43H69FN8O10S. The van der Waals surface area contributed by atoms with Gasteiger partial charge < -0.3 is 38.6 Å². The van der Waals surface area contributed by atoms with Gasteiger partial charge in [0, 0.05) is 70.7 Å². The molecule has 0 spiro atoms. The summed E-state index contributed by atoms with van der Waals surface area (Å²) in [7, 11) is 5.29. The lowest BCUT2D eigenvalue weighted by molar-refractivity contribution is -0.289. The van der Waals surface area contributed by atoms with Crippen molar-refractivity contribution in [2.45, 2.75) is 160 Å². The number of ketones is 1. The smallest absolute Gasteiger partial charge is 0.410 e. The number of fused-ring (bicyclic) bond motifs is 1. The molecule has 2 aromatic rings. The summed E-state index contributed by atoms with van der Waals surface area (Å²) < 4.78 is 43.2. The highest BCUT2D eigenvalue weighted by Gasteiger charge is 2.59. The Balaban J connectivity index is 0.00000282. The molecule has 2 aromatic heterocycles. The number of hydrogen-bond donors (Lipinski definition) is 1. The van der Waals surface area contributed by atoms with Crippen molar-refractivity contribution in [3.63, 3.8) is 0 Å². The highest BCUT2D eigenvalue weighted by Crippen LogP contribution is 2.41. The van der Waals surface area contributed by atoms with E-state index in [9.17, 15) is 28.2 Å². The number of aliphatic hydroxyl groups excluding tert-OH is 1. The fourth-order valence-corrected chi connectivity index (χ4v) is 9.23. The van der Waals surface area contributed by atoms with Crippen LogP contribution in [0.2, 0.25) is 0 Å². The topological polar surface area (TPSA) is 201 Å². The van der Waals surface area contributed by atoms with Gasteiger partial charge in [0.1, 0.15) is 35.3 Å². The predicted molar refractivity (Wildman–Crippen MR) is 233 cm³/mol. The maximum atomic E-state index is 14.1. The summed E-state index contributed by atoms with van der Waals surface area (Å²) in [6.45, 7) is 15.2. The molecule has 0 aliphatic carbocycles. The number of cyclic esters (lactones) is 1. The molecule has 5 heterocycles. The van der Waals surface area contributed by atoms with E-state index in [1.165, 1.54) is 27.2 Å². The Labute approximate surface area is 375 Å². The van der Waals surface area contributed by atoms with Crippen LogP contribution in [0.3, 0.4) is 0 Å². The fraction of sp³-hybridized carbons (Fsp3) is 0.767. The summed E-state index contributed by atoms with van der Waals surface area (Å²) in [6, 6.07) is 1.99. The molecule has 3 aliphatic rings. The number of nitrogens with zero attached hydrogens (tertiary/aromatic N) is 8.